The Labute approximate surface area is 328 Å². The zero-order valence-electron chi connectivity index (χ0n) is 34.9. The third-order valence-corrected chi connectivity index (χ3v) is 12.1. The number of benzene rings is 2. The van der Waals surface area contributed by atoms with E-state index in [1.54, 1.807) is 0 Å². The maximum absolute atomic E-state index is 13.9. The fourth-order valence-corrected chi connectivity index (χ4v) is 7.23. The molecule has 2 aliphatic heterocycles. The van der Waals surface area contributed by atoms with Crippen molar-refractivity contribution in [2.24, 2.45) is 10.1 Å². The molecule has 0 spiro atoms. The highest BCUT2D eigenvalue weighted by molar-refractivity contribution is 6.48. The van der Waals surface area contributed by atoms with Crippen molar-refractivity contribution in [2.45, 2.75) is 143 Å². The van der Waals surface area contributed by atoms with Gasteiger partial charge in [0.25, 0.3) is 5.91 Å². The number of carbonyl (C=O) groups is 1. The van der Waals surface area contributed by atoms with Crippen LogP contribution in [0.5, 0.6) is 5.75 Å². The summed E-state index contributed by atoms with van der Waals surface area (Å²) in [5.74, 6) is 1.61. The molecule has 0 radical (unpaired) electrons. The van der Waals surface area contributed by atoms with Crippen molar-refractivity contribution in [3.05, 3.63) is 64.7 Å². The van der Waals surface area contributed by atoms with Crippen LogP contribution in [0.1, 0.15) is 142 Å². The molecule has 296 valence electrons. The van der Waals surface area contributed by atoms with Gasteiger partial charge < -0.3 is 15.2 Å². The Balaban J connectivity index is 1.32. The van der Waals surface area contributed by atoms with Crippen LogP contribution in [0.25, 0.3) is 0 Å². The molecule has 1 fully saturated rings. The molecule has 2 N–H and O–H groups in total. The van der Waals surface area contributed by atoms with Gasteiger partial charge in [-0.25, -0.2) is 9.98 Å². The molecule has 11 heteroatoms. The quantitative estimate of drug-likeness (QED) is 0.0721. The Kier molecular flexibility index (Phi) is 13.0. The summed E-state index contributed by atoms with van der Waals surface area (Å²) < 4.78 is 7.18. The average Bonchev–Trinajstić information content (AvgIpc) is 3.61. The van der Waals surface area contributed by atoms with E-state index in [4.69, 9.17) is 14.7 Å². The average molecular weight is 752 g/mol. The number of unbranched alkanes of at least 4 members (excludes halogenated alkanes) is 3. The highest BCUT2D eigenvalue weighted by atomic mass is 16.5. The van der Waals surface area contributed by atoms with Crippen LogP contribution in [0.3, 0.4) is 0 Å². The first kappa shape index (κ1) is 41.8. The van der Waals surface area contributed by atoms with Crippen LogP contribution in [0.2, 0.25) is 0 Å². The number of fused-ring (bicyclic) bond motifs is 1. The first-order chi connectivity index (χ1) is 26.1. The number of hydrogen-bond acceptors (Lipinski definition) is 8. The molecule has 1 saturated heterocycles. The van der Waals surface area contributed by atoms with Gasteiger partial charge in [0.05, 0.1) is 18.0 Å². The number of ether oxygens (including phenoxy) is 1. The summed E-state index contributed by atoms with van der Waals surface area (Å²) in [5.41, 5.74) is 6.45. The van der Waals surface area contributed by atoms with Crippen molar-refractivity contribution >= 4 is 28.7 Å². The number of hydrogen-bond donors (Lipinski definition) is 2. The molecule has 3 aromatic rings. The van der Waals surface area contributed by atoms with Gasteiger partial charge in [-0.15, -0.1) is 9.89 Å². The number of rotatable bonds is 19. The lowest BCUT2D eigenvalue weighted by molar-refractivity contribution is -0.128. The van der Waals surface area contributed by atoms with Gasteiger partial charge in [0, 0.05) is 30.2 Å². The van der Waals surface area contributed by atoms with E-state index in [9.17, 15) is 15.2 Å². The fourth-order valence-electron chi connectivity index (χ4n) is 7.23. The lowest BCUT2D eigenvalue weighted by Crippen LogP contribution is -2.40. The molecule has 0 bridgehead atoms. The summed E-state index contributed by atoms with van der Waals surface area (Å²) in [7, 11) is 0. The van der Waals surface area contributed by atoms with Crippen LogP contribution in [-0.4, -0.2) is 75.7 Å². The zero-order chi connectivity index (χ0) is 40.1. The van der Waals surface area contributed by atoms with Gasteiger partial charge in [-0.1, -0.05) is 86.8 Å². The number of nitrogens with zero attached hydrogens (tertiary/aromatic N) is 7. The monoisotopic (exact) mass is 752 g/mol. The summed E-state index contributed by atoms with van der Waals surface area (Å²) in [6.07, 6.45) is 6.21. The van der Waals surface area contributed by atoms with E-state index in [-0.39, 0.29) is 35.3 Å². The molecule has 5 rings (SSSR count). The Morgan fingerprint density at radius 1 is 1.09 bits per heavy atom. The van der Waals surface area contributed by atoms with Crippen molar-refractivity contribution in [3.63, 3.8) is 0 Å². The molecule has 1 aromatic heterocycles. The number of quaternary nitrogens is 1. The maximum Gasteiger partial charge on any atom is 0.261 e. The maximum atomic E-state index is 13.9. The molecule has 2 aliphatic rings. The molecule has 0 saturated carbocycles. The molecule has 0 aliphatic carbocycles. The molecule has 55 heavy (non-hydrogen) atoms. The number of aryl methyl sites for hydroxylation is 1. The number of amides is 1. The number of nitriles is 1. The first-order valence-electron chi connectivity index (χ1n) is 20.3. The smallest absolute Gasteiger partial charge is 0.261 e. The second-order valence-corrected chi connectivity index (χ2v) is 16.9. The molecular weight excluding hydrogens is 689 g/mol. The highest BCUT2D eigenvalue weighted by Gasteiger charge is 2.57. The van der Waals surface area contributed by atoms with Gasteiger partial charge in [-0.2, -0.15) is 10.4 Å². The van der Waals surface area contributed by atoms with E-state index in [0.717, 1.165) is 66.8 Å². The predicted octanol–water partition coefficient (Wildman–Crippen LogP) is 8.16. The minimum atomic E-state index is -0.621. The van der Waals surface area contributed by atoms with E-state index in [1.165, 1.54) is 10.4 Å². The van der Waals surface area contributed by atoms with E-state index in [2.05, 4.69) is 94.3 Å². The largest absolute Gasteiger partial charge is 0.480 e. The van der Waals surface area contributed by atoms with Gasteiger partial charge in [-0.3, -0.25) is 9.28 Å². The third-order valence-electron chi connectivity index (χ3n) is 12.1. The van der Waals surface area contributed by atoms with Crippen LogP contribution >= 0.6 is 0 Å². The van der Waals surface area contributed by atoms with Crippen molar-refractivity contribution in [3.8, 4) is 11.8 Å². The van der Waals surface area contributed by atoms with Crippen molar-refractivity contribution < 1.29 is 14.6 Å². The Hall–Kier alpha value is -4.40. The topological polar surface area (TPSA) is 138 Å². The summed E-state index contributed by atoms with van der Waals surface area (Å²) in [5, 5.41) is 31.7. The van der Waals surface area contributed by atoms with E-state index >= 15 is 0 Å². The van der Waals surface area contributed by atoms with Crippen LogP contribution in [-0.2, 0) is 15.6 Å². The summed E-state index contributed by atoms with van der Waals surface area (Å²) >= 11 is 0. The van der Waals surface area contributed by atoms with Crippen molar-refractivity contribution in [1.82, 2.24) is 24.7 Å². The summed E-state index contributed by atoms with van der Waals surface area (Å²) in [4.78, 5) is 25.3. The number of aliphatic hydroxyl groups is 1. The lowest BCUT2D eigenvalue weighted by Gasteiger charge is -2.31. The molecule has 11 nitrogen and oxygen atoms in total. The number of aliphatic imine (C=N–C) groups is 1. The fraction of sp³-hybridized carbons (Fsp3) is 0.591. The minimum Gasteiger partial charge on any atom is -0.480 e. The number of aromatic nitrogens is 3. The second-order valence-electron chi connectivity index (χ2n) is 16.9. The van der Waals surface area contributed by atoms with Gasteiger partial charge in [0.1, 0.15) is 29.8 Å². The molecule has 3 heterocycles. The van der Waals surface area contributed by atoms with Gasteiger partial charge in [0.15, 0.2) is 18.5 Å². The number of nitrogens with one attached hydrogen (secondary N) is 1. The van der Waals surface area contributed by atoms with E-state index in [1.807, 2.05) is 32.9 Å². The minimum absolute atomic E-state index is 0.0229. The van der Waals surface area contributed by atoms with Gasteiger partial charge in [0.2, 0.25) is 11.9 Å². The Morgan fingerprint density at radius 2 is 1.84 bits per heavy atom. The third kappa shape index (κ3) is 9.02. The Morgan fingerprint density at radius 3 is 2.47 bits per heavy atom. The van der Waals surface area contributed by atoms with Crippen LogP contribution in [0, 0.1) is 18.3 Å². The van der Waals surface area contributed by atoms with Gasteiger partial charge in [-0.05, 0) is 73.6 Å². The van der Waals surface area contributed by atoms with E-state index < -0.39 is 6.10 Å². The predicted molar refractivity (Wildman–Crippen MR) is 222 cm³/mol. The summed E-state index contributed by atoms with van der Waals surface area (Å²) in [6, 6.07) is 14.8. The first-order valence-corrected chi connectivity index (χ1v) is 20.3. The van der Waals surface area contributed by atoms with Crippen molar-refractivity contribution in [1.29, 1.82) is 5.26 Å². The number of carbonyl (C=O) groups excluding carboxylic acids is 1. The van der Waals surface area contributed by atoms with Crippen LogP contribution in [0.4, 0.5) is 11.4 Å². The second kappa shape index (κ2) is 17.2. The van der Waals surface area contributed by atoms with E-state index in [0.29, 0.717) is 53.6 Å². The van der Waals surface area contributed by atoms with Crippen LogP contribution in [0.15, 0.2) is 46.5 Å². The standard InChI is InChI=1S/C44H62N8O3/c1-11-14-15-16-17-38(55-37-21-18-32(43(7,8)12-2)25-35(37)44(9,10)13-3)42(54)46-27-30(5)40-48-41-39(31(6)49-51(41)50-40)47-36-20-19-33(24-29(36)4)52(22-23-53)28-34(52)26-45/h18-21,24-25,30,34,38,53H,11-17,22-23,27-28H2,1-10H3/p+1. The Bertz CT molecular complexity index is 1950. The van der Waals surface area contributed by atoms with Crippen LogP contribution < -0.4 is 14.5 Å². The lowest BCUT2D eigenvalue weighted by atomic mass is 9.76. The number of aliphatic hydroxyl groups excluding tert-OH is 1. The normalized spacial score (nSPS) is 19.8. The van der Waals surface area contributed by atoms with Gasteiger partial charge >= 0.3 is 0 Å². The molecular formula is C44H63N8O3+. The highest BCUT2D eigenvalue weighted by Crippen LogP contribution is 2.41. The zero-order valence-corrected chi connectivity index (χ0v) is 34.9. The summed E-state index contributed by atoms with van der Waals surface area (Å²) in [6.45, 7) is 23.1. The molecule has 4 atom stereocenters. The molecule has 4 unspecified atom stereocenters. The molecule has 1 amide bonds. The molecule has 2 aromatic carbocycles. The SMILES string of the molecule is CCCCCCC(Oc1ccc(C(C)(C)CC)cc1C(C)(C)CC)C(=O)NCC(C)c1nc2n(n1)N=C(C)C2=Nc1ccc([N+]2(CCO)CC2C#N)cc1C. The van der Waals surface area contributed by atoms with Crippen molar-refractivity contribution in [2.75, 3.05) is 26.2 Å².